The van der Waals surface area contributed by atoms with E-state index in [1.807, 2.05) is 0 Å². The summed E-state index contributed by atoms with van der Waals surface area (Å²) in [5, 5.41) is 16.2. The van der Waals surface area contributed by atoms with E-state index in [1.165, 1.54) is 19.1 Å². The number of nitrogens with one attached hydrogen (secondary N) is 1. The number of hydrogen-bond donors (Lipinski definition) is 3. The number of phenolic OH excluding ortho intramolecular Hbond substituents is 1. The molecule has 0 radical (unpaired) electrons. The summed E-state index contributed by atoms with van der Waals surface area (Å²) >= 11 is 0. The van der Waals surface area contributed by atoms with Gasteiger partial charge in [-0.1, -0.05) is 5.10 Å². The van der Waals surface area contributed by atoms with Gasteiger partial charge in [0, 0.05) is 6.92 Å². The number of aromatic hydroxyl groups is 1. The van der Waals surface area contributed by atoms with Gasteiger partial charge in [0.05, 0.1) is 10.6 Å². The minimum absolute atomic E-state index is 0.0421. The number of sulfonamides is 1. The van der Waals surface area contributed by atoms with Gasteiger partial charge in [-0.05, 0) is 18.2 Å². The third-order valence-electron chi connectivity index (χ3n) is 2.06. The molecule has 2 rings (SSSR count). The molecule has 0 bridgehead atoms. The number of nitrogens with zero attached hydrogens (tertiary/aromatic N) is 2. The highest BCUT2D eigenvalue weighted by molar-refractivity contribution is 7.92. The fourth-order valence-electron chi connectivity index (χ4n) is 1.21. The number of nitrogens with two attached hydrogens (primary N) is 1. The molecule has 1 aromatic heterocycles. The molecule has 2 aromatic rings. The maximum atomic E-state index is 11.9. The van der Waals surface area contributed by atoms with E-state index < -0.39 is 10.0 Å². The van der Waals surface area contributed by atoms with Crippen LogP contribution in [0.15, 0.2) is 27.5 Å². The molecule has 0 atom stereocenters. The summed E-state index contributed by atoms with van der Waals surface area (Å²) in [6, 6.07) is 3.28. The van der Waals surface area contributed by atoms with Crippen LogP contribution in [-0.2, 0) is 10.0 Å². The maximum Gasteiger partial charge on any atom is 0.329 e. The minimum Gasteiger partial charge on any atom is -0.506 e. The van der Waals surface area contributed by atoms with Gasteiger partial charge in [0.15, 0.2) is 0 Å². The molecule has 0 aliphatic heterocycles. The third kappa shape index (κ3) is 2.35. The Kier molecular flexibility index (Phi) is 2.83. The molecule has 4 N–H and O–H groups in total. The second-order valence-corrected chi connectivity index (χ2v) is 5.13. The van der Waals surface area contributed by atoms with Crippen LogP contribution in [0.4, 0.5) is 11.7 Å². The van der Waals surface area contributed by atoms with Gasteiger partial charge in [0.2, 0.25) is 5.89 Å². The second kappa shape index (κ2) is 4.18. The highest BCUT2D eigenvalue weighted by Crippen LogP contribution is 2.24. The predicted molar refractivity (Wildman–Crippen MR) is 62.4 cm³/mol. The van der Waals surface area contributed by atoms with Crippen molar-refractivity contribution >= 4 is 21.7 Å². The molecule has 8 nitrogen and oxygen atoms in total. The molecule has 0 unspecified atom stereocenters. The quantitative estimate of drug-likeness (QED) is 0.545. The predicted octanol–water partition coefficient (Wildman–Crippen LogP) is 0.467. The Labute approximate surface area is 103 Å². The zero-order chi connectivity index (χ0) is 13.3. The van der Waals surface area contributed by atoms with Crippen LogP contribution in [0.2, 0.25) is 0 Å². The van der Waals surface area contributed by atoms with E-state index in [9.17, 15) is 13.5 Å². The van der Waals surface area contributed by atoms with Crippen molar-refractivity contribution in [1.29, 1.82) is 0 Å². The van der Waals surface area contributed by atoms with E-state index in [0.29, 0.717) is 0 Å². The summed E-state index contributed by atoms with van der Waals surface area (Å²) < 4.78 is 30.8. The smallest absolute Gasteiger partial charge is 0.329 e. The van der Waals surface area contributed by atoms with Crippen LogP contribution in [0.5, 0.6) is 5.75 Å². The van der Waals surface area contributed by atoms with Gasteiger partial charge in [-0.15, -0.1) is 5.10 Å². The van der Waals surface area contributed by atoms with E-state index in [2.05, 4.69) is 14.9 Å². The molecule has 18 heavy (non-hydrogen) atoms. The van der Waals surface area contributed by atoms with Gasteiger partial charge < -0.3 is 15.3 Å². The number of benzene rings is 1. The van der Waals surface area contributed by atoms with Crippen LogP contribution >= 0.6 is 0 Å². The van der Waals surface area contributed by atoms with Crippen molar-refractivity contribution in [2.75, 3.05) is 10.5 Å². The van der Waals surface area contributed by atoms with E-state index in [-0.39, 0.29) is 28.2 Å². The number of phenols is 1. The Hall–Kier alpha value is -2.29. The second-order valence-electron chi connectivity index (χ2n) is 3.45. The zero-order valence-corrected chi connectivity index (χ0v) is 10.1. The van der Waals surface area contributed by atoms with Crippen molar-refractivity contribution in [3.05, 3.63) is 24.1 Å². The molecule has 0 spiro atoms. The van der Waals surface area contributed by atoms with Gasteiger partial charge in [-0.25, -0.2) is 13.1 Å². The number of nitrogen functional groups attached to an aromatic ring is 1. The number of aromatic nitrogens is 2. The molecule has 0 aliphatic rings. The van der Waals surface area contributed by atoms with Crippen molar-refractivity contribution in [2.24, 2.45) is 0 Å². The monoisotopic (exact) mass is 270 g/mol. The maximum absolute atomic E-state index is 11.9. The lowest BCUT2D eigenvalue weighted by Gasteiger charge is -2.05. The van der Waals surface area contributed by atoms with Crippen molar-refractivity contribution in [3.63, 3.8) is 0 Å². The van der Waals surface area contributed by atoms with Crippen molar-refractivity contribution in [2.45, 2.75) is 11.8 Å². The first kappa shape index (κ1) is 12.2. The van der Waals surface area contributed by atoms with Crippen molar-refractivity contribution in [3.8, 4) is 5.75 Å². The molecular weight excluding hydrogens is 260 g/mol. The first-order chi connectivity index (χ1) is 8.38. The van der Waals surface area contributed by atoms with Crippen LogP contribution in [0, 0.1) is 6.92 Å². The highest BCUT2D eigenvalue weighted by atomic mass is 32.2. The molecule has 0 saturated carbocycles. The lowest BCUT2D eigenvalue weighted by atomic mass is 10.3. The Morgan fingerprint density at radius 2 is 2.11 bits per heavy atom. The lowest BCUT2D eigenvalue weighted by Crippen LogP contribution is -2.13. The zero-order valence-electron chi connectivity index (χ0n) is 9.28. The molecular formula is C9H10N4O4S. The van der Waals surface area contributed by atoms with Gasteiger partial charge in [-0.3, -0.25) is 0 Å². The Morgan fingerprint density at radius 1 is 1.39 bits per heavy atom. The summed E-state index contributed by atoms with van der Waals surface area (Å²) in [6.07, 6.45) is 0. The number of rotatable bonds is 3. The Morgan fingerprint density at radius 3 is 2.67 bits per heavy atom. The molecule has 96 valence electrons. The number of aryl methyl sites for hydroxylation is 1. The van der Waals surface area contributed by atoms with E-state index in [0.717, 1.165) is 6.07 Å². The van der Waals surface area contributed by atoms with E-state index in [1.54, 1.807) is 0 Å². The van der Waals surface area contributed by atoms with E-state index in [4.69, 9.17) is 10.2 Å². The summed E-state index contributed by atoms with van der Waals surface area (Å²) in [6.45, 7) is 1.53. The summed E-state index contributed by atoms with van der Waals surface area (Å²) in [7, 11) is -3.88. The highest BCUT2D eigenvalue weighted by Gasteiger charge is 2.18. The lowest BCUT2D eigenvalue weighted by molar-refractivity contribution is 0.477. The van der Waals surface area contributed by atoms with Gasteiger partial charge >= 0.3 is 6.01 Å². The average molecular weight is 270 g/mol. The summed E-state index contributed by atoms with van der Waals surface area (Å²) in [4.78, 5) is -0.117. The van der Waals surface area contributed by atoms with Crippen LogP contribution in [0.25, 0.3) is 0 Å². The summed E-state index contributed by atoms with van der Waals surface area (Å²) in [5.74, 6) is 0.0421. The molecule has 1 aromatic carbocycles. The standard InChI is InChI=1S/C9H10N4O4S/c1-5-11-12-9(17-5)13-18(15,16)6-2-3-8(14)7(10)4-6/h2-4,14H,10H2,1H3,(H,12,13). The fraction of sp³-hybridized carbons (Fsp3) is 0.111. The normalized spacial score (nSPS) is 11.4. The average Bonchev–Trinajstić information content (AvgIpc) is 2.67. The van der Waals surface area contributed by atoms with Crippen LogP contribution in [-0.4, -0.2) is 23.7 Å². The largest absolute Gasteiger partial charge is 0.506 e. The fourth-order valence-corrected chi connectivity index (χ4v) is 2.17. The van der Waals surface area contributed by atoms with E-state index >= 15 is 0 Å². The molecule has 0 fully saturated rings. The Balaban J connectivity index is 2.33. The van der Waals surface area contributed by atoms with Gasteiger partial charge in [-0.2, -0.15) is 0 Å². The van der Waals surface area contributed by atoms with Crippen molar-refractivity contribution in [1.82, 2.24) is 10.2 Å². The Bertz CT molecular complexity index is 680. The topological polar surface area (TPSA) is 131 Å². The molecule has 9 heteroatoms. The van der Waals surface area contributed by atoms with Crippen LogP contribution in [0.1, 0.15) is 5.89 Å². The van der Waals surface area contributed by atoms with Gasteiger partial charge in [0.25, 0.3) is 10.0 Å². The van der Waals surface area contributed by atoms with Gasteiger partial charge in [0.1, 0.15) is 5.75 Å². The molecule has 0 aliphatic carbocycles. The molecule has 0 amide bonds. The van der Waals surface area contributed by atoms with Crippen LogP contribution in [0.3, 0.4) is 0 Å². The SMILES string of the molecule is Cc1nnc(NS(=O)(=O)c2ccc(O)c(N)c2)o1. The first-order valence-electron chi connectivity index (χ1n) is 4.80. The number of anilines is 2. The minimum atomic E-state index is -3.88. The molecule has 1 heterocycles. The summed E-state index contributed by atoms with van der Waals surface area (Å²) in [5.41, 5.74) is 5.38. The first-order valence-corrected chi connectivity index (χ1v) is 6.28. The molecule has 0 saturated heterocycles. The van der Waals surface area contributed by atoms with Crippen molar-refractivity contribution < 1.29 is 17.9 Å². The number of hydrogen-bond acceptors (Lipinski definition) is 7. The third-order valence-corrected chi connectivity index (χ3v) is 3.37. The van der Waals surface area contributed by atoms with Crippen LogP contribution < -0.4 is 10.5 Å².